The van der Waals surface area contributed by atoms with Gasteiger partial charge in [-0.25, -0.2) is 0 Å². The predicted octanol–water partition coefficient (Wildman–Crippen LogP) is 0.220. The van der Waals surface area contributed by atoms with Crippen LogP contribution < -0.4 is 16.0 Å². The SMILES string of the molecule is O=C(C1CC2C(CO)CCCC2N1)N1CCC2NC(NCC3(O)CCC3)SC2C1. The van der Waals surface area contributed by atoms with Gasteiger partial charge in [-0.2, -0.15) is 0 Å². The fourth-order valence-corrected chi connectivity index (χ4v) is 7.60. The molecule has 164 valence electrons. The number of hydrogen-bond acceptors (Lipinski definition) is 7. The zero-order valence-electron chi connectivity index (χ0n) is 17.2. The maximum atomic E-state index is 13.2. The topological polar surface area (TPSA) is 96.9 Å². The molecule has 3 heterocycles. The van der Waals surface area contributed by atoms with Crippen LogP contribution in [0, 0.1) is 11.8 Å². The molecule has 8 heteroatoms. The van der Waals surface area contributed by atoms with Crippen LogP contribution in [0.5, 0.6) is 0 Å². The van der Waals surface area contributed by atoms with Crippen LogP contribution in [0.4, 0.5) is 0 Å². The first-order valence-corrected chi connectivity index (χ1v) is 12.5. The quantitative estimate of drug-likeness (QED) is 0.431. The third-order valence-electron chi connectivity index (χ3n) is 8.12. The molecule has 2 aliphatic carbocycles. The Morgan fingerprint density at radius 1 is 1.17 bits per heavy atom. The Labute approximate surface area is 177 Å². The number of thioether (sulfide) groups is 1. The molecule has 5 aliphatic rings. The van der Waals surface area contributed by atoms with Crippen molar-refractivity contribution in [1.82, 2.24) is 20.9 Å². The molecule has 3 saturated heterocycles. The summed E-state index contributed by atoms with van der Waals surface area (Å²) >= 11 is 1.88. The number of amides is 1. The van der Waals surface area contributed by atoms with Crippen LogP contribution in [-0.4, -0.2) is 81.7 Å². The van der Waals surface area contributed by atoms with Gasteiger partial charge in [-0.1, -0.05) is 6.42 Å². The van der Waals surface area contributed by atoms with Crippen molar-refractivity contribution in [3.8, 4) is 0 Å². The second-order valence-corrected chi connectivity index (χ2v) is 11.3. The smallest absolute Gasteiger partial charge is 0.239 e. The molecule has 5 fully saturated rings. The van der Waals surface area contributed by atoms with E-state index in [1.165, 1.54) is 0 Å². The number of piperidine rings is 1. The highest BCUT2D eigenvalue weighted by molar-refractivity contribution is 8.00. The fourth-order valence-electron chi connectivity index (χ4n) is 6.14. The van der Waals surface area contributed by atoms with Crippen LogP contribution in [0.1, 0.15) is 51.4 Å². The van der Waals surface area contributed by atoms with Gasteiger partial charge < -0.3 is 20.4 Å². The predicted molar refractivity (Wildman–Crippen MR) is 113 cm³/mol. The minimum atomic E-state index is -0.505. The maximum absolute atomic E-state index is 13.2. The zero-order valence-corrected chi connectivity index (χ0v) is 18.0. The number of carbonyl (C=O) groups excluding carboxylic acids is 1. The van der Waals surface area contributed by atoms with Crippen molar-refractivity contribution >= 4 is 17.7 Å². The number of aliphatic hydroxyl groups is 2. The zero-order chi connectivity index (χ0) is 20.0. The van der Waals surface area contributed by atoms with Gasteiger partial charge in [-0.05, 0) is 56.8 Å². The Bertz CT molecular complexity index is 619. The molecule has 0 spiro atoms. The van der Waals surface area contributed by atoms with E-state index in [1.807, 2.05) is 11.8 Å². The number of nitrogens with one attached hydrogen (secondary N) is 3. The highest BCUT2D eigenvalue weighted by Gasteiger charge is 2.46. The number of carbonyl (C=O) groups is 1. The van der Waals surface area contributed by atoms with Crippen molar-refractivity contribution in [3.63, 3.8) is 0 Å². The fraction of sp³-hybridized carbons (Fsp3) is 0.952. The Hall–Kier alpha value is -0.380. The van der Waals surface area contributed by atoms with Gasteiger partial charge in [0.05, 0.1) is 11.6 Å². The Morgan fingerprint density at radius 2 is 2.03 bits per heavy atom. The van der Waals surface area contributed by atoms with Crippen molar-refractivity contribution < 1.29 is 15.0 Å². The lowest BCUT2D eigenvalue weighted by Gasteiger charge is -2.37. The van der Waals surface area contributed by atoms with Gasteiger partial charge in [0.1, 0.15) is 5.50 Å². The summed E-state index contributed by atoms with van der Waals surface area (Å²) in [5.74, 6) is 1.07. The largest absolute Gasteiger partial charge is 0.396 e. The van der Waals surface area contributed by atoms with E-state index in [-0.39, 0.29) is 24.1 Å². The van der Waals surface area contributed by atoms with E-state index in [1.54, 1.807) is 0 Å². The van der Waals surface area contributed by atoms with Gasteiger partial charge in [0.15, 0.2) is 0 Å². The molecule has 1 amide bonds. The minimum Gasteiger partial charge on any atom is -0.396 e. The summed E-state index contributed by atoms with van der Waals surface area (Å²) in [5.41, 5.74) is -0.336. The number of rotatable bonds is 5. The number of hydrogen-bond donors (Lipinski definition) is 5. The maximum Gasteiger partial charge on any atom is 0.239 e. The van der Waals surface area contributed by atoms with E-state index in [4.69, 9.17) is 0 Å². The van der Waals surface area contributed by atoms with Crippen molar-refractivity contribution in [1.29, 1.82) is 0 Å². The monoisotopic (exact) mass is 424 g/mol. The van der Waals surface area contributed by atoms with Crippen molar-refractivity contribution in [2.45, 2.75) is 85.8 Å². The van der Waals surface area contributed by atoms with Crippen LogP contribution in [0.15, 0.2) is 0 Å². The molecule has 2 saturated carbocycles. The molecule has 7 unspecified atom stereocenters. The summed E-state index contributed by atoms with van der Waals surface area (Å²) < 4.78 is 0. The summed E-state index contributed by atoms with van der Waals surface area (Å²) in [6, 6.07) is 0.770. The van der Waals surface area contributed by atoms with Crippen molar-refractivity contribution in [3.05, 3.63) is 0 Å². The van der Waals surface area contributed by atoms with Gasteiger partial charge >= 0.3 is 0 Å². The van der Waals surface area contributed by atoms with Crippen LogP contribution in [0.25, 0.3) is 0 Å². The lowest BCUT2D eigenvalue weighted by Crippen LogP contribution is -2.54. The summed E-state index contributed by atoms with van der Waals surface area (Å²) in [6.45, 7) is 2.53. The summed E-state index contributed by atoms with van der Waals surface area (Å²) in [4.78, 5) is 15.3. The van der Waals surface area contributed by atoms with Gasteiger partial charge in [0.25, 0.3) is 0 Å². The molecule has 0 aromatic heterocycles. The standard InChI is InChI=1S/C21H36N4O3S/c26-11-13-3-1-4-15-14(13)9-17(23-15)19(27)25-8-5-16-18(10-25)29-20(24-16)22-12-21(28)6-2-7-21/h13-18,20,22-24,26,28H,1-12H2. The first kappa shape index (κ1) is 20.5. The molecule has 5 rings (SSSR count). The Morgan fingerprint density at radius 3 is 2.79 bits per heavy atom. The molecule has 7 atom stereocenters. The summed E-state index contributed by atoms with van der Waals surface area (Å²) in [5, 5.41) is 31.2. The molecule has 0 radical (unpaired) electrons. The van der Waals surface area contributed by atoms with Crippen LogP contribution in [0.2, 0.25) is 0 Å². The molecule has 7 nitrogen and oxygen atoms in total. The summed E-state index contributed by atoms with van der Waals surface area (Å²) in [7, 11) is 0. The minimum absolute atomic E-state index is 0.0742. The van der Waals surface area contributed by atoms with E-state index < -0.39 is 5.60 Å². The molecular formula is C21H36N4O3S. The first-order chi connectivity index (χ1) is 14.0. The molecule has 0 aromatic rings. The van der Waals surface area contributed by atoms with E-state index in [9.17, 15) is 15.0 Å². The average molecular weight is 425 g/mol. The average Bonchev–Trinajstić information content (AvgIpc) is 3.33. The normalized spacial score (nSPS) is 43.5. The Kier molecular flexibility index (Phi) is 5.86. The number of nitrogens with zero attached hydrogens (tertiary/aromatic N) is 1. The van der Waals surface area contributed by atoms with Crippen LogP contribution in [-0.2, 0) is 4.79 Å². The highest BCUT2D eigenvalue weighted by atomic mass is 32.2. The van der Waals surface area contributed by atoms with Gasteiger partial charge in [0, 0.05) is 43.6 Å². The number of fused-ring (bicyclic) bond motifs is 2. The lowest BCUT2D eigenvalue weighted by molar-refractivity contribution is -0.134. The highest BCUT2D eigenvalue weighted by Crippen LogP contribution is 2.39. The van der Waals surface area contributed by atoms with E-state index in [0.29, 0.717) is 35.7 Å². The summed E-state index contributed by atoms with van der Waals surface area (Å²) in [6.07, 6.45) is 8.19. The molecule has 0 aromatic carbocycles. The van der Waals surface area contributed by atoms with Crippen molar-refractivity contribution in [2.24, 2.45) is 11.8 Å². The molecule has 3 aliphatic heterocycles. The van der Waals surface area contributed by atoms with Crippen LogP contribution >= 0.6 is 11.8 Å². The third kappa shape index (κ3) is 4.08. The lowest BCUT2D eigenvalue weighted by atomic mass is 9.76. The van der Waals surface area contributed by atoms with Crippen molar-refractivity contribution in [2.75, 3.05) is 26.2 Å². The number of likely N-dealkylation sites (tertiary alicyclic amines) is 1. The van der Waals surface area contributed by atoms with Crippen LogP contribution in [0.3, 0.4) is 0 Å². The second kappa shape index (κ2) is 8.28. The van der Waals surface area contributed by atoms with E-state index >= 15 is 0 Å². The Balaban J connectivity index is 1.13. The molecular weight excluding hydrogens is 388 g/mol. The van der Waals surface area contributed by atoms with E-state index in [2.05, 4.69) is 20.9 Å². The second-order valence-electron chi connectivity index (χ2n) is 9.96. The first-order valence-electron chi connectivity index (χ1n) is 11.6. The molecule has 5 N–H and O–H groups in total. The molecule has 0 bridgehead atoms. The molecule has 29 heavy (non-hydrogen) atoms. The van der Waals surface area contributed by atoms with Gasteiger partial charge in [-0.3, -0.25) is 15.4 Å². The van der Waals surface area contributed by atoms with Gasteiger partial charge in [0.2, 0.25) is 5.91 Å². The van der Waals surface area contributed by atoms with E-state index in [0.717, 1.165) is 64.5 Å². The van der Waals surface area contributed by atoms with Gasteiger partial charge in [-0.15, -0.1) is 11.8 Å². The third-order valence-corrected chi connectivity index (χ3v) is 9.52. The number of aliphatic hydroxyl groups excluding tert-OH is 1.